The molecule has 2 aromatic carbocycles. The van der Waals surface area contributed by atoms with E-state index in [-0.39, 0.29) is 38.4 Å². The van der Waals surface area contributed by atoms with Gasteiger partial charge in [-0.1, -0.05) is 6.07 Å². The SMILES string of the molecule is C#CC(=O)N(c1ccc(C)c(CS(C)(=O)=O)c1)C1(C(=O)NCc2ccc(OC)cc2OC)CCOCC1. The summed E-state index contributed by atoms with van der Waals surface area (Å²) < 4.78 is 40.2. The van der Waals surface area contributed by atoms with Crippen molar-refractivity contribution in [1.82, 2.24) is 5.32 Å². The number of ether oxygens (including phenoxy) is 3. The minimum atomic E-state index is -3.34. The van der Waals surface area contributed by atoms with Crippen LogP contribution in [0.25, 0.3) is 0 Å². The smallest absolute Gasteiger partial charge is 0.303 e. The van der Waals surface area contributed by atoms with E-state index in [1.54, 1.807) is 50.4 Å². The van der Waals surface area contributed by atoms with Crippen molar-refractivity contribution >= 4 is 27.3 Å². The first-order chi connectivity index (χ1) is 17.5. The summed E-state index contributed by atoms with van der Waals surface area (Å²) in [6.45, 7) is 2.42. The third-order valence-corrected chi connectivity index (χ3v) is 7.27. The summed E-state index contributed by atoms with van der Waals surface area (Å²) >= 11 is 0. The number of hydrogen-bond acceptors (Lipinski definition) is 7. The summed E-state index contributed by atoms with van der Waals surface area (Å²) in [5, 5.41) is 2.94. The number of carbonyl (C=O) groups is 2. The first-order valence-corrected chi connectivity index (χ1v) is 13.8. The Bertz CT molecular complexity index is 1310. The fourth-order valence-corrected chi connectivity index (χ4v) is 5.33. The van der Waals surface area contributed by atoms with Gasteiger partial charge in [0.1, 0.15) is 17.0 Å². The zero-order valence-electron chi connectivity index (χ0n) is 21.5. The number of amides is 2. The molecule has 198 valence electrons. The minimum absolute atomic E-state index is 0.139. The second-order valence-corrected chi connectivity index (χ2v) is 11.1. The molecule has 2 amide bonds. The molecule has 1 heterocycles. The van der Waals surface area contributed by atoms with Gasteiger partial charge in [-0.15, -0.1) is 6.42 Å². The van der Waals surface area contributed by atoms with Crippen LogP contribution in [0.5, 0.6) is 11.5 Å². The van der Waals surface area contributed by atoms with E-state index in [2.05, 4.69) is 11.2 Å². The Balaban J connectivity index is 2.02. The third-order valence-electron chi connectivity index (χ3n) is 6.44. The summed E-state index contributed by atoms with van der Waals surface area (Å²) in [4.78, 5) is 28.3. The molecule has 1 N–H and O–H groups in total. The van der Waals surface area contributed by atoms with Crippen LogP contribution < -0.4 is 19.7 Å². The molecule has 0 radical (unpaired) electrons. The second-order valence-electron chi connectivity index (χ2n) is 8.97. The lowest BCUT2D eigenvalue weighted by Gasteiger charge is -2.44. The molecule has 10 heteroatoms. The van der Waals surface area contributed by atoms with Gasteiger partial charge in [0.15, 0.2) is 9.84 Å². The van der Waals surface area contributed by atoms with Crippen molar-refractivity contribution in [2.45, 2.75) is 37.6 Å². The van der Waals surface area contributed by atoms with Gasteiger partial charge in [0.05, 0.1) is 20.0 Å². The summed E-state index contributed by atoms with van der Waals surface area (Å²) in [6.07, 6.45) is 7.11. The van der Waals surface area contributed by atoms with Gasteiger partial charge in [-0.2, -0.15) is 0 Å². The molecule has 1 aliphatic rings. The standard InChI is InChI=1S/C27H32N2O7S/c1-6-25(30)29(22-9-7-19(2)21(15-22)18-37(5,32)33)27(11-13-36-14-12-27)26(31)28-17-20-8-10-23(34-3)16-24(20)35-4/h1,7-10,15-16H,11-14,17-18H2,2-5H3,(H,28,31). The molecule has 0 spiro atoms. The molecule has 1 saturated heterocycles. The number of rotatable bonds is 9. The number of benzene rings is 2. The van der Waals surface area contributed by atoms with E-state index in [1.807, 2.05) is 0 Å². The minimum Gasteiger partial charge on any atom is -0.497 e. The lowest BCUT2D eigenvalue weighted by Crippen LogP contribution is -2.63. The van der Waals surface area contributed by atoms with Crippen molar-refractivity contribution in [1.29, 1.82) is 0 Å². The fraction of sp³-hybridized carbons (Fsp3) is 0.407. The number of anilines is 1. The zero-order valence-corrected chi connectivity index (χ0v) is 22.3. The predicted molar refractivity (Wildman–Crippen MR) is 140 cm³/mol. The van der Waals surface area contributed by atoms with Crippen LogP contribution in [0.4, 0.5) is 5.69 Å². The Kier molecular flexibility index (Phi) is 8.84. The van der Waals surface area contributed by atoms with Crippen molar-refractivity contribution in [2.24, 2.45) is 0 Å². The van der Waals surface area contributed by atoms with Crippen molar-refractivity contribution < 1.29 is 32.2 Å². The van der Waals surface area contributed by atoms with E-state index in [4.69, 9.17) is 20.6 Å². The summed E-state index contributed by atoms with van der Waals surface area (Å²) in [5.41, 5.74) is 1.02. The van der Waals surface area contributed by atoms with Crippen molar-refractivity contribution in [3.63, 3.8) is 0 Å². The molecular weight excluding hydrogens is 496 g/mol. The number of sulfone groups is 1. The largest absolute Gasteiger partial charge is 0.497 e. The Morgan fingerprint density at radius 2 is 1.81 bits per heavy atom. The Hall–Kier alpha value is -3.55. The Morgan fingerprint density at radius 3 is 2.41 bits per heavy atom. The van der Waals surface area contributed by atoms with E-state index in [0.29, 0.717) is 22.7 Å². The molecule has 1 fully saturated rings. The lowest BCUT2D eigenvalue weighted by atomic mass is 9.85. The van der Waals surface area contributed by atoms with Crippen LogP contribution >= 0.6 is 0 Å². The molecule has 0 unspecified atom stereocenters. The van der Waals surface area contributed by atoms with Gasteiger partial charge < -0.3 is 19.5 Å². The van der Waals surface area contributed by atoms with Crippen LogP contribution in [0.3, 0.4) is 0 Å². The average Bonchev–Trinajstić information content (AvgIpc) is 2.88. The topological polar surface area (TPSA) is 111 Å². The van der Waals surface area contributed by atoms with Crippen LogP contribution in [0.1, 0.15) is 29.5 Å². The predicted octanol–water partition coefficient (Wildman–Crippen LogP) is 2.39. The Labute approximate surface area is 218 Å². The van der Waals surface area contributed by atoms with E-state index in [1.165, 1.54) is 12.0 Å². The van der Waals surface area contributed by atoms with Gasteiger partial charge in [-0.25, -0.2) is 8.42 Å². The molecule has 0 atom stereocenters. The molecule has 37 heavy (non-hydrogen) atoms. The van der Waals surface area contributed by atoms with E-state index >= 15 is 0 Å². The summed E-state index contributed by atoms with van der Waals surface area (Å²) in [6, 6.07) is 10.3. The number of methoxy groups -OCH3 is 2. The molecule has 2 aromatic rings. The lowest BCUT2D eigenvalue weighted by molar-refractivity contribution is -0.133. The van der Waals surface area contributed by atoms with Crippen LogP contribution in [0.15, 0.2) is 36.4 Å². The van der Waals surface area contributed by atoms with Crippen LogP contribution in [0, 0.1) is 19.3 Å². The zero-order chi connectivity index (χ0) is 27.2. The first kappa shape index (κ1) is 28.0. The molecule has 0 aromatic heterocycles. The summed E-state index contributed by atoms with van der Waals surface area (Å²) in [5.74, 6) is 1.99. The van der Waals surface area contributed by atoms with Crippen LogP contribution in [-0.4, -0.2) is 59.5 Å². The van der Waals surface area contributed by atoms with Gasteiger partial charge in [0.2, 0.25) is 5.91 Å². The van der Waals surface area contributed by atoms with Gasteiger partial charge >= 0.3 is 5.91 Å². The molecule has 1 aliphatic heterocycles. The molecule has 3 rings (SSSR count). The highest BCUT2D eigenvalue weighted by atomic mass is 32.2. The van der Waals surface area contributed by atoms with Gasteiger partial charge in [0.25, 0.3) is 0 Å². The first-order valence-electron chi connectivity index (χ1n) is 11.7. The Morgan fingerprint density at radius 1 is 1.11 bits per heavy atom. The van der Waals surface area contributed by atoms with Crippen molar-refractivity contribution in [2.75, 3.05) is 38.6 Å². The maximum Gasteiger partial charge on any atom is 0.303 e. The molecular formula is C27H32N2O7S. The molecule has 0 bridgehead atoms. The maximum absolute atomic E-state index is 13.8. The quantitative estimate of drug-likeness (QED) is 0.498. The number of hydrogen-bond donors (Lipinski definition) is 1. The van der Waals surface area contributed by atoms with Crippen LogP contribution in [0.2, 0.25) is 0 Å². The summed E-state index contributed by atoms with van der Waals surface area (Å²) in [7, 11) is -0.262. The third kappa shape index (κ3) is 6.42. The van der Waals surface area contributed by atoms with Crippen molar-refractivity contribution in [3.8, 4) is 23.8 Å². The van der Waals surface area contributed by atoms with E-state index < -0.39 is 27.2 Å². The number of nitrogens with one attached hydrogen (secondary N) is 1. The number of nitrogens with zero attached hydrogens (tertiary/aromatic N) is 1. The highest BCUT2D eigenvalue weighted by molar-refractivity contribution is 7.89. The number of aryl methyl sites for hydroxylation is 1. The molecule has 0 aliphatic carbocycles. The van der Waals surface area contributed by atoms with Gasteiger partial charge in [-0.3, -0.25) is 14.5 Å². The maximum atomic E-state index is 13.8. The van der Waals surface area contributed by atoms with E-state index in [9.17, 15) is 18.0 Å². The average molecular weight is 529 g/mol. The second kappa shape index (κ2) is 11.7. The van der Waals surface area contributed by atoms with Crippen LogP contribution in [-0.2, 0) is 36.5 Å². The van der Waals surface area contributed by atoms with Gasteiger partial charge in [-0.05, 0) is 48.2 Å². The number of terminal acetylenes is 1. The normalized spacial score (nSPS) is 14.8. The van der Waals surface area contributed by atoms with Gasteiger partial charge in [0, 0.05) is 56.2 Å². The monoisotopic (exact) mass is 528 g/mol. The highest BCUT2D eigenvalue weighted by Gasteiger charge is 2.48. The highest BCUT2D eigenvalue weighted by Crippen LogP contribution is 2.35. The molecule has 0 saturated carbocycles. The fourth-order valence-electron chi connectivity index (χ4n) is 4.46. The van der Waals surface area contributed by atoms with E-state index in [0.717, 1.165) is 17.4 Å². The van der Waals surface area contributed by atoms with Crippen molar-refractivity contribution in [3.05, 3.63) is 53.1 Å². The molecule has 9 nitrogen and oxygen atoms in total. The number of carbonyl (C=O) groups excluding carboxylic acids is 2.